The molecule has 152 valence electrons. The molecule has 0 radical (unpaired) electrons. The van der Waals surface area contributed by atoms with Gasteiger partial charge in [0.2, 0.25) is 0 Å². The van der Waals surface area contributed by atoms with Crippen LogP contribution in [0.1, 0.15) is 13.3 Å². The summed E-state index contributed by atoms with van der Waals surface area (Å²) in [5, 5.41) is 1.95. The van der Waals surface area contributed by atoms with E-state index in [4.69, 9.17) is 0 Å². The first-order valence-electron chi connectivity index (χ1n) is 9.01. The van der Waals surface area contributed by atoms with Crippen LogP contribution < -0.4 is 10.8 Å². The van der Waals surface area contributed by atoms with Crippen LogP contribution >= 0.6 is 0 Å². The summed E-state index contributed by atoms with van der Waals surface area (Å²) in [6, 6.07) is 1.16. The number of hydrogen-bond donors (Lipinski definition) is 2. The number of aromatic nitrogens is 3. The van der Waals surface area contributed by atoms with Gasteiger partial charge in [-0.25, -0.2) is 9.78 Å². The molecule has 1 fully saturated rings. The lowest BCUT2D eigenvalue weighted by molar-refractivity contribution is -0.123. The summed E-state index contributed by atoms with van der Waals surface area (Å²) in [5.41, 5.74) is 2.85. The first-order chi connectivity index (χ1) is 13.2. The first-order valence-corrected chi connectivity index (χ1v) is 9.01. The third-order valence-electron chi connectivity index (χ3n) is 5.12. The van der Waals surface area contributed by atoms with Crippen molar-refractivity contribution >= 4 is 22.9 Å². The van der Waals surface area contributed by atoms with Crippen LogP contribution in [0.5, 0.6) is 0 Å². The van der Waals surface area contributed by atoms with Gasteiger partial charge in [-0.15, -0.1) is 0 Å². The normalized spacial score (nSPS) is 20.8. The summed E-state index contributed by atoms with van der Waals surface area (Å²) in [6.07, 6.45) is -0.266. The Kier molecular flexibility index (Phi) is 5.48. The lowest BCUT2D eigenvalue weighted by Gasteiger charge is -2.22. The number of hydrogen-bond acceptors (Lipinski definition) is 3. The molecule has 0 aliphatic carbocycles. The number of likely N-dealkylation sites (tertiary alicyclic amines) is 1. The largest absolute Gasteiger partial charge is 0.405 e. The predicted molar refractivity (Wildman–Crippen MR) is 99.2 cm³/mol. The van der Waals surface area contributed by atoms with Crippen molar-refractivity contribution in [3.63, 3.8) is 0 Å². The minimum atomic E-state index is -4.44. The van der Waals surface area contributed by atoms with Gasteiger partial charge in [-0.1, -0.05) is 19.9 Å². The van der Waals surface area contributed by atoms with E-state index in [1.807, 2.05) is 22.9 Å². The highest BCUT2D eigenvalue weighted by molar-refractivity contribution is 5.77. The molecule has 0 saturated carbocycles. The highest BCUT2D eigenvalue weighted by Crippen LogP contribution is 2.34. The van der Waals surface area contributed by atoms with E-state index in [0.717, 1.165) is 17.6 Å². The van der Waals surface area contributed by atoms with Gasteiger partial charge in [0.25, 0.3) is 0 Å². The van der Waals surface area contributed by atoms with E-state index in [0.29, 0.717) is 24.2 Å². The van der Waals surface area contributed by atoms with Crippen molar-refractivity contribution < 1.29 is 18.0 Å². The average Bonchev–Trinajstić information content (AvgIpc) is 3.30. The summed E-state index contributed by atoms with van der Waals surface area (Å²) in [4.78, 5) is 25.2. The minimum absolute atomic E-state index is 0.0866. The zero-order chi connectivity index (χ0) is 20.5. The van der Waals surface area contributed by atoms with Gasteiger partial charge >= 0.3 is 12.2 Å². The van der Waals surface area contributed by atoms with Gasteiger partial charge < -0.3 is 15.2 Å². The van der Waals surface area contributed by atoms with Gasteiger partial charge in [-0.3, -0.25) is 9.56 Å². The number of fused-ring (bicyclic) bond motifs is 1. The molecule has 0 bridgehead atoms. The third-order valence-corrected chi connectivity index (χ3v) is 5.12. The number of nitrogens with zero attached hydrogens (tertiary/aromatic N) is 4. The van der Waals surface area contributed by atoms with Crippen molar-refractivity contribution in [2.45, 2.75) is 19.5 Å². The summed E-state index contributed by atoms with van der Waals surface area (Å²) in [5.74, 6) is -0.0175. The van der Waals surface area contributed by atoms with E-state index in [-0.39, 0.29) is 11.8 Å². The molecule has 0 aromatic carbocycles. The summed E-state index contributed by atoms with van der Waals surface area (Å²) < 4.78 is 39.1. The van der Waals surface area contributed by atoms with E-state index >= 15 is 0 Å². The van der Waals surface area contributed by atoms with Gasteiger partial charge in [0.05, 0.1) is 11.7 Å². The number of H-pyrrole nitrogens is 1. The third kappa shape index (κ3) is 3.90. The van der Waals surface area contributed by atoms with Crippen molar-refractivity contribution in [2.24, 2.45) is 16.8 Å². The lowest BCUT2D eigenvalue weighted by atomic mass is 9.91. The molecule has 2 aromatic heterocycles. The fourth-order valence-corrected chi connectivity index (χ4v) is 3.68. The van der Waals surface area contributed by atoms with Gasteiger partial charge in [-0.05, 0) is 12.0 Å². The smallest absolute Gasteiger partial charge is 0.345 e. The standard InChI is InChI=1S/C18H23F3N6O/c1-4-12-8-26(17(28)25-10-18(19,20)21)9-13(12)11(2)27-14-5-6-23-16(14)24-7-15(27)22-3/h5-7,12-13,23H,2,4,8-10H2,1,3H3,(H,25,28)/b22-15-/t12-,13-/m0/s1. The number of rotatable bonds is 4. The van der Waals surface area contributed by atoms with Gasteiger partial charge in [0, 0.05) is 37.9 Å². The molecular weight excluding hydrogens is 373 g/mol. The average molecular weight is 396 g/mol. The fourth-order valence-electron chi connectivity index (χ4n) is 3.68. The number of carbonyl (C=O) groups is 1. The Bertz CT molecular complexity index is 945. The molecule has 7 nitrogen and oxygen atoms in total. The van der Waals surface area contributed by atoms with Crippen LogP contribution in [0.3, 0.4) is 0 Å². The number of carbonyl (C=O) groups excluding carboxylic acids is 1. The lowest BCUT2D eigenvalue weighted by Crippen LogP contribution is -2.43. The molecule has 2 atom stereocenters. The van der Waals surface area contributed by atoms with E-state index in [2.05, 4.69) is 21.5 Å². The van der Waals surface area contributed by atoms with Crippen LogP contribution in [-0.4, -0.2) is 58.3 Å². The van der Waals surface area contributed by atoms with Crippen molar-refractivity contribution in [3.05, 3.63) is 30.5 Å². The van der Waals surface area contributed by atoms with Gasteiger partial charge in [-0.2, -0.15) is 13.2 Å². The number of amides is 2. The second-order valence-electron chi connectivity index (χ2n) is 6.83. The molecule has 3 heterocycles. The number of nitrogens with one attached hydrogen (secondary N) is 2. The topological polar surface area (TPSA) is 78.3 Å². The van der Waals surface area contributed by atoms with Crippen LogP contribution in [-0.2, 0) is 0 Å². The van der Waals surface area contributed by atoms with E-state index < -0.39 is 18.8 Å². The number of alkyl halides is 3. The molecule has 2 amide bonds. The molecule has 3 rings (SSSR count). The van der Waals surface area contributed by atoms with Crippen LogP contribution in [0.2, 0.25) is 0 Å². The SMILES string of the molecule is C=C([C@@H]1CN(C(=O)NCC(F)(F)F)C[C@@H]1CC)n1/c(=N\C)cnc2[nH]ccc21. The van der Waals surface area contributed by atoms with E-state index in [1.165, 1.54) is 4.90 Å². The molecule has 28 heavy (non-hydrogen) atoms. The quantitative estimate of drug-likeness (QED) is 0.833. The Labute approximate surface area is 160 Å². The molecule has 10 heteroatoms. The summed E-state index contributed by atoms with van der Waals surface area (Å²) in [6.45, 7) is 5.58. The van der Waals surface area contributed by atoms with Crippen LogP contribution in [0.4, 0.5) is 18.0 Å². The van der Waals surface area contributed by atoms with Crippen molar-refractivity contribution in [1.29, 1.82) is 0 Å². The zero-order valence-corrected chi connectivity index (χ0v) is 15.8. The summed E-state index contributed by atoms with van der Waals surface area (Å²) >= 11 is 0. The van der Waals surface area contributed by atoms with Gasteiger partial charge in [0.15, 0.2) is 11.1 Å². The van der Waals surface area contributed by atoms with Crippen LogP contribution in [0, 0.1) is 11.8 Å². The highest BCUT2D eigenvalue weighted by Gasteiger charge is 2.38. The number of aromatic amines is 1. The predicted octanol–water partition coefficient (Wildman–Crippen LogP) is 2.60. The molecule has 2 aromatic rings. The Morgan fingerprint density at radius 2 is 2.21 bits per heavy atom. The van der Waals surface area contributed by atoms with Crippen molar-refractivity contribution in [2.75, 3.05) is 26.7 Å². The maximum absolute atomic E-state index is 12.4. The molecule has 2 N–H and O–H groups in total. The fraction of sp³-hybridized carbons (Fsp3) is 0.500. The van der Waals surface area contributed by atoms with E-state index in [9.17, 15) is 18.0 Å². The number of halogens is 3. The Hall–Kier alpha value is -2.78. The molecule has 1 aliphatic rings. The second-order valence-corrected chi connectivity index (χ2v) is 6.83. The van der Waals surface area contributed by atoms with Crippen LogP contribution in [0.15, 0.2) is 30.0 Å². The molecule has 1 saturated heterocycles. The second kappa shape index (κ2) is 7.69. The Morgan fingerprint density at radius 1 is 1.46 bits per heavy atom. The minimum Gasteiger partial charge on any atom is -0.345 e. The maximum Gasteiger partial charge on any atom is 0.405 e. The Morgan fingerprint density at radius 3 is 2.86 bits per heavy atom. The Balaban J connectivity index is 1.86. The van der Waals surface area contributed by atoms with Gasteiger partial charge in [0.1, 0.15) is 6.54 Å². The molecule has 0 unspecified atom stereocenters. The van der Waals surface area contributed by atoms with Crippen molar-refractivity contribution in [3.8, 4) is 0 Å². The molecule has 0 spiro atoms. The van der Waals surface area contributed by atoms with E-state index in [1.54, 1.807) is 19.4 Å². The number of urea groups is 1. The van der Waals surface area contributed by atoms with Crippen molar-refractivity contribution in [1.82, 2.24) is 24.8 Å². The highest BCUT2D eigenvalue weighted by atomic mass is 19.4. The maximum atomic E-state index is 12.4. The monoisotopic (exact) mass is 396 g/mol. The zero-order valence-electron chi connectivity index (χ0n) is 15.8. The molecular formula is C18H23F3N6O. The summed E-state index contributed by atoms with van der Waals surface area (Å²) in [7, 11) is 1.65. The molecule has 1 aliphatic heterocycles. The van der Waals surface area contributed by atoms with Crippen LogP contribution in [0.25, 0.3) is 16.9 Å². The first kappa shape index (κ1) is 20.0.